The highest BCUT2D eigenvalue weighted by Gasteiger charge is 2.36. The van der Waals surface area contributed by atoms with E-state index >= 15 is 0 Å². The summed E-state index contributed by atoms with van der Waals surface area (Å²) in [5, 5.41) is 14.0. The smallest absolute Gasteiger partial charge is 0.407 e. The second kappa shape index (κ2) is 7.52. The van der Waals surface area contributed by atoms with Crippen LogP contribution in [-0.2, 0) is 9.53 Å². The van der Waals surface area contributed by atoms with Crippen LogP contribution in [0, 0.1) is 5.92 Å². The zero-order valence-electron chi connectivity index (χ0n) is 14.4. The third-order valence-corrected chi connectivity index (χ3v) is 3.65. The van der Waals surface area contributed by atoms with Crippen LogP contribution in [0.1, 0.15) is 40.0 Å². The molecule has 0 aromatic heterocycles. The van der Waals surface area contributed by atoms with Gasteiger partial charge in [-0.25, -0.2) is 9.59 Å². The lowest BCUT2D eigenvalue weighted by atomic mass is 9.81. The van der Waals surface area contributed by atoms with Gasteiger partial charge in [0.05, 0.1) is 12.1 Å². The number of ether oxygens (including phenoxy) is 1. The highest BCUT2D eigenvalue weighted by atomic mass is 16.6. The van der Waals surface area contributed by atoms with E-state index in [0.29, 0.717) is 19.3 Å². The molecule has 0 bridgehead atoms. The van der Waals surface area contributed by atoms with Crippen LogP contribution in [0.4, 0.5) is 9.59 Å². The molecule has 0 radical (unpaired) electrons. The summed E-state index contributed by atoms with van der Waals surface area (Å²) in [7, 11) is 3.36. The van der Waals surface area contributed by atoms with Crippen molar-refractivity contribution in [1.29, 1.82) is 0 Å². The van der Waals surface area contributed by atoms with Gasteiger partial charge in [-0.1, -0.05) is 0 Å². The molecule has 0 aromatic carbocycles. The van der Waals surface area contributed by atoms with Gasteiger partial charge in [0.2, 0.25) is 5.91 Å². The Morgan fingerprint density at radius 3 is 2.17 bits per heavy atom. The van der Waals surface area contributed by atoms with Gasteiger partial charge in [-0.15, -0.1) is 0 Å². The fourth-order valence-electron chi connectivity index (χ4n) is 2.71. The zero-order chi connectivity index (χ0) is 17.8. The minimum absolute atomic E-state index is 0.0187. The van der Waals surface area contributed by atoms with Crippen LogP contribution < -0.4 is 10.6 Å². The molecule has 8 nitrogen and oxygen atoms in total. The molecule has 8 heteroatoms. The number of carbonyl (C=O) groups excluding carboxylic acids is 2. The van der Waals surface area contributed by atoms with E-state index in [0.717, 1.165) is 0 Å². The molecule has 3 N–H and O–H groups in total. The predicted molar refractivity (Wildman–Crippen MR) is 84.1 cm³/mol. The zero-order valence-corrected chi connectivity index (χ0v) is 14.4. The maximum Gasteiger partial charge on any atom is 0.407 e. The molecule has 1 aliphatic rings. The molecule has 1 saturated carbocycles. The first-order chi connectivity index (χ1) is 10.5. The number of carbonyl (C=O) groups is 3. The molecule has 0 saturated heterocycles. The molecule has 1 rings (SSSR count). The fourth-order valence-corrected chi connectivity index (χ4v) is 2.71. The summed E-state index contributed by atoms with van der Waals surface area (Å²) in [4.78, 5) is 36.5. The first kappa shape index (κ1) is 19.1. The van der Waals surface area contributed by atoms with Gasteiger partial charge in [0.15, 0.2) is 0 Å². The van der Waals surface area contributed by atoms with E-state index in [1.54, 1.807) is 34.9 Å². The Morgan fingerprint density at radius 1 is 1.09 bits per heavy atom. The van der Waals surface area contributed by atoms with Crippen molar-refractivity contribution in [3.8, 4) is 0 Å². The Labute approximate surface area is 136 Å². The summed E-state index contributed by atoms with van der Waals surface area (Å²) >= 11 is 0. The van der Waals surface area contributed by atoms with E-state index in [4.69, 9.17) is 9.84 Å². The first-order valence-electron chi connectivity index (χ1n) is 7.69. The number of hydrogen-bond acceptors (Lipinski definition) is 4. The SMILES string of the molecule is CN(C)C(=O)[C@H]1CC[C@H](NC(=O)O)[C@@H](NC(=O)OC(C)(C)C)C1. The molecule has 0 aromatic rings. The van der Waals surface area contributed by atoms with Crippen molar-refractivity contribution in [1.82, 2.24) is 15.5 Å². The van der Waals surface area contributed by atoms with Gasteiger partial charge in [0.25, 0.3) is 0 Å². The van der Waals surface area contributed by atoms with Gasteiger partial charge in [0.1, 0.15) is 5.60 Å². The van der Waals surface area contributed by atoms with E-state index in [-0.39, 0.29) is 11.8 Å². The van der Waals surface area contributed by atoms with Crippen molar-refractivity contribution in [3.05, 3.63) is 0 Å². The average molecular weight is 329 g/mol. The van der Waals surface area contributed by atoms with Gasteiger partial charge >= 0.3 is 12.2 Å². The van der Waals surface area contributed by atoms with Gasteiger partial charge < -0.3 is 25.4 Å². The van der Waals surface area contributed by atoms with E-state index in [9.17, 15) is 14.4 Å². The molecule has 1 aliphatic carbocycles. The summed E-state index contributed by atoms with van der Waals surface area (Å²) in [5.41, 5.74) is -0.646. The Hall–Kier alpha value is -1.99. The molecule has 0 aliphatic heterocycles. The Balaban J connectivity index is 2.78. The molecule has 0 heterocycles. The summed E-state index contributed by atoms with van der Waals surface area (Å²) in [6.07, 6.45) is -0.326. The molecular formula is C15H27N3O5. The highest BCUT2D eigenvalue weighted by molar-refractivity contribution is 5.78. The first-order valence-corrected chi connectivity index (χ1v) is 7.69. The number of alkyl carbamates (subject to hydrolysis) is 1. The topological polar surface area (TPSA) is 108 Å². The van der Waals surface area contributed by atoms with Crippen LogP contribution in [-0.4, -0.2) is 59.9 Å². The van der Waals surface area contributed by atoms with Crippen LogP contribution >= 0.6 is 0 Å². The van der Waals surface area contributed by atoms with Gasteiger partial charge in [0, 0.05) is 20.0 Å². The van der Waals surface area contributed by atoms with Crippen LogP contribution in [0.2, 0.25) is 0 Å². The Morgan fingerprint density at radius 2 is 1.70 bits per heavy atom. The summed E-state index contributed by atoms with van der Waals surface area (Å²) < 4.78 is 5.22. The molecule has 23 heavy (non-hydrogen) atoms. The molecule has 0 unspecified atom stereocenters. The summed E-state index contributed by atoms with van der Waals surface area (Å²) in [5.74, 6) is -0.258. The van der Waals surface area contributed by atoms with Crippen molar-refractivity contribution in [2.24, 2.45) is 5.92 Å². The van der Waals surface area contributed by atoms with E-state index in [1.807, 2.05) is 0 Å². The Bertz CT molecular complexity index is 459. The van der Waals surface area contributed by atoms with Crippen LogP contribution in [0.15, 0.2) is 0 Å². The minimum Gasteiger partial charge on any atom is -0.465 e. The number of hydrogen-bond donors (Lipinski definition) is 3. The average Bonchev–Trinajstić information content (AvgIpc) is 2.36. The number of carboxylic acid groups (broad SMARTS) is 1. The van der Waals surface area contributed by atoms with E-state index in [2.05, 4.69) is 10.6 Å². The van der Waals surface area contributed by atoms with Gasteiger partial charge in [-0.2, -0.15) is 0 Å². The van der Waals surface area contributed by atoms with Crippen LogP contribution in [0.25, 0.3) is 0 Å². The van der Waals surface area contributed by atoms with E-state index < -0.39 is 29.9 Å². The van der Waals surface area contributed by atoms with Crippen LogP contribution in [0.5, 0.6) is 0 Å². The van der Waals surface area contributed by atoms with Crippen LogP contribution in [0.3, 0.4) is 0 Å². The Kier molecular flexibility index (Phi) is 6.23. The number of nitrogens with one attached hydrogen (secondary N) is 2. The van der Waals surface area contributed by atoms with E-state index in [1.165, 1.54) is 4.90 Å². The lowest BCUT2D eigenvalue weighted by Gasteiger charge is -2.36. The lowest BCUT2D eigenvalue weighted by molar-refractivity contribution is -0.134. The third kappa shape index (κ3) is 6.33. The quantitative estimate of drug-likeness (QED) is 0.725. The second-order valence-electron chi connectivity index (χ2n) is 7.05. The van der Waals surface area contributed by atoms with Crippen molar-refractivity contribution in [2.75, 3.05) is 14.1 Å². The number of nitrogens with zero attached hydrogens (tertiary/aromatic N) is 1. The molecular weight excluding hydrogens is 302 g/mol. The summed E-state index contributed by atoms with van der Waals surface area (Å²) in [6, 6.07) is -0.921. The summed E-state index contributed by atoms with van der Waals surface area (Å²) in [6.45, 7) is 5.25. The van der Waals surface area contributed by atoms with Crippen molar-refractivity contribution in [2.45, 2.75) is 57.7 Å². The maximum atomic E-state index is 12.1. The normalized spacial score (nSPS) is 24.5. The largest absolute Gasteiger partial charge is 0.465 e. The molecule has 1 fully saturated rings. The van der Waals surface area contributed by atoms with Crippen molar-refractivity contribution in [3.63, 3.8) is 0 Å². The molecule has 132 valence electrons. The highest BCUT2D eigenvalue weighted by Crippen LogP contribution is 2.26. The molecule has 3 atom stereocenters. The van der Waals surface area contributed by atoms with Gasteiger partial charge in [-0.3, -0.25) is 4.79 Å². The monoisotopic (exact) mass is 329 g/mol. The third-order valence-electron chi connectivity index (χ3n) is 3.65. The van der Waals surface area contributed by atoms with Crippen molar-refractivity contribution >= 4 is 18.1 Å². The molecule has 3 amide bonds. The van der Waals surface area contributed by atoms with Gasteiger partial charge in [-0.05, 0) is 40.0 Å². The predicted octanol–water partition coefficient (Wildman–Crippen LogP) is 1.40. The number of rotatable bonds is 3. The van der Waals surface area contributed by atoms with Crippen molar-refractivity contribution < 1.29 is 24.2 Å². The fraction of sp³-hybridized carbons (Fsp3) is 0.800. The minimum atomic E-state index is -1.15. The number of amides is 3. The molecule has 0 spiro atoms. The lowest BCUT2D eigenvalue weighted by Crippen LogP contribution is -2.56. The maximum absolute atomic E-state index is 12.1. The standard InChI is InChI=1S/C15H27N3O5/c1-15(2,3)23-14(22)17-11-8-9(12(19)18(4)5)6-7-10(11)16-13(20)21/h9-11,16H,6-8H2,1-5H3,(H,17,22)(H,20,21)/t9-,10-,11-/m0/s1. The second-order valence-corrected chi connectivity index (χ2v) is 7.05.